The number of hydrogen-bond acceptors (Lipinski definition) is 2. The molecule has 0 saturated carbocycles. The second-order valence-corrected chi connectivity index (χ2v) is 6.67. The predicted octanol–water partition coefficient (Wildman–Crippen LogP) is 5.12. The van der Waals surface area contributed by atoms with Gasteiger partial charge in [0.15, 0.2) is 0 Å². The zero-order chi connectivity index (χ0) is 14.1. The van der Waals surface area contributed by atoms with E-state index in [2.05, 4.69) is 45.6 Å². The molecule has 0 saturated heterocycles. The summed E-state index contributed by atoms with van der Waals surface area (Å²) in [6.45, 7) is 8.70. The lowest BCUT2D eigenvalue weighted by Crippen LogP contribution is -2.31. The van der Waals surface area contributed by atoms with Crippen LogP contribution in [-0.2, 0) is 4.74 Å². The summed E-state index contributed by atoms with van der Waals surface area (Å²) in [5.74, 6) is 2.44. The predicted molar refractivity (Wildman–Crippen MR) is 87.9 cm³/mol. The van der Waals surface area contributed by atoms with E-state index in [0.29, 0.717) is 11.3 Å². The van der Waals surface area contributed by atoms with Crippen LogP contribution in [0.4, 0.5) is 0 Å². The van der Waals surface area contributed by atoms with E-state index in [1.807, 2.05) is 0 Å². The first-order chi connectivity index (χ1) is 9.17. The average Bonchev–Trinajstić information content (AvgIpc) is 2.41. The Morgan fingerprint density at radius 3 is 2.32 bits per heavy atom. The van der Waals surface area contributed by atoms with Gasteiger partial charge < -0.3 is 4.74 Å². The Hall–Kier alpha value is 0.0500. The van der Waals surface area contributed by atoms with Crippen molar-refractivity contribution in [1.82, 2.24) is 0 Å². The Morgan fingerprint density at radius 1 is 1.16 bits per heavy atom. The highest BCUT2D eigenvalue weighted by molar-refractivity contribution is 7.80. The summed E-state index contributed by atoms with van der Waals surface area (Å²) in [5.41, 5.74) is 0.306. The van der Waals surface area contributed by atoms with Gasteiger partial charge in [-0.3, -0.25) is 0 Å². The molecule has 0 spiro atoms. The quantitative estimate of drug-likeness (QED) is 0.456. The molecule has 2 heteroatoms. The van der Waals surface area contributed by atoms with Gasteiger partial charge in [0.25, 0.3) is 0 Å². The van der Waals surface area contributed by atoms with Crippen molar-refractivity contribution < 1.29 is 4.74 Å². The van der Waals surface area contributed by atoms with E-state index >= 15 is 0 Å². The van der Waals surface area contributed by atoms with Gasteiger partial charge in [0.1, 0.15) is 0 Å². The van der Waals surface area contributed by atoms with Crippen LogP contribution in [0.1, 0.15) is 59.3 Å². The number of hydrogen-bond donors (Lipinski definition) is 1. The van der Waals surface area contributed by atoms with Crippen LogP contribution in [0.2, 0.25) is 0 Å². The van der Waals surface area contributed by atoms with Gasteiger partial charge in [-0.05, 0) is 43.3 Å². The Kier molecular flexibility index (Phi) is 8.17. The van der Waals surface area contributed by atoms with Crippen molar-refractivity contribution in [2.45, 2.75) is 59.3 Å². The molecule has 1 nitrogen and oxygen atoms in total. The molecule has 19 heavy (non-hydrogen) atoms. The van der Waals surface area contributed by atoms with Crippen molar-refractivity contribution in [3.63, 3.8) is 0 Å². The first-order valence-corrected chi connectivity index (χ1v) is 8.64. The van der Waals surface area contributed by atoms with Gasteiger partial charge in [0.2, 0.25) is 0 Å². The zero-order valence-electron chi connectivity index (χ0n) is 13.0. The fourth-order valence-corrected chi connectivity index (χ4v) is 3.61. The Bertz CT molecular complexity index is 256. The standard InChI is InChI=1S/C17H32OS/c1-4-10-17(14-19,11-5-2)13-18-12-16-9-7-6-8-15(16)3/h6-7,15-16,19H,4-5,8-14H2,1-3H3. The van der Waals surface area contributed by atoms with Crippen LogP contribution in [-0.4, -0.2) is 19.0 Å². The maximum atomic E-state index is 6.12. The van der Waals surface area contributed by atoms with Gasteiger partial charge in [-0.1, -0.05) is 45.8 Å². The maximum absolute atomic E-state index is 6.12. The normalized spacial score (nSPS) is 23.8. The van der Waals surface area contributed by atoms with Crippen molar-refractivity contribution in [2.75, 3.05) is 19.0 Å². The minimum atomic E-state index is 0.306. The third kappa shape index (κ3) is 5.51. The van der Waals surface area contributed by atoms with Crippen LogP contribution in [0, 0.1) is 17.3 Å². The van der Waals surface area contributed by atoms with E-state index < -0.39 is 0 Å². The molecule has 0 N–H and O–H groups in total. The lowest BCUT2D eigenvalue weighted by molar-refractivity contribution is 0.0156. The van der Waals surface area contributed by atoms with Crippen LogP contribution in [0.5, 0.6) is 0 Å². The van der Waals surface area contributed by atoms with Crippen molar-refractivity contribution in [3.05, 3.63) is 12.2 Å². The molecular weight excluding hydrogens is 252 g/mol. The second kappa shape index (κ2) is 9.07. The highest BCUT2D eigenvalue weighted by atomic mass is 32.1. The number of rotatable bonds is 9. The smallest absolute Gasteiger partial charge is 0.0530 e. The van der Waals surface area contributed by atoms with E-state index in [1.165, 1.54) is 38.5 Å². The minimum absolute atomic E-state index is 0.306. The van der Waals surface area contributed by atoms with Crippen molar-refractivity contribution >= 4 is 12.6 Å². The van der Waals surface area contributed by atoms with Crippen molar-refractivity contribution in [1.29, 1.82) is 0 Å². The topological polar surface area (TPSA) is 9.23 Å². The summed E-state index contributed by atoms with van der Waals surface area (Å²) >= 11 is 4.60. The molecule has 0 aromatic heterocycles. The molecule has 0 aromatic rings. The number of allylic oxidation sites excluding steroid dienone is 2. The maximum Gasteiger partial charge on any atom is 0.0530 e. The molecule has 2 unspecified atom stereocenters. The molecular formula is C17H32OS. The molecule has 0 radical (unpaired) electrons. The molecule has 1 aliphatic carbocycles. The zero-order valence-corrected chi connectivity index (χ0v) is 13.9. The molecule has 1 aliphatic rings. The van der Waals surface area contributed by atoms with E-state index in [4.69, 9.17) is 4.74 Å². The van der Waals surface area contributed by atoms with Crippen molar-refractivity contribution in [2.24, 2.45) is 17.3 Å². The van der Waals surface area contributed by atoms with Crippen LogP contribution in [0.25, 0.3) is 0 Å². The summed E-state index contributed by atoms with van der Waals surface area (Å²) < 4.78 is 6.12. The molecule has 1 rings (SSSR count). The molecule has 0 amide bonds. The first kappa shape index (κ1) is 17.1. The third-order valence-corrected chi connectivity index (χ3v) is 5.23. The summed E-state index contributed by atoms with van der Waals surface area (Å²) in [4.78, 5) is 0. The highest BCUT2D eigenvalue weighted by Crippen LogP contribution is 2.32. The molecule has 0 bridgehead atoms. The van der Waals surface area contributed by atoms with Crippen LogP contribution in [0.3, 0.4) is 0 Å². The number of thiol groups is 1. The molecule has 0 aromatic carbocycles. The molecule has 0 heterocycles. The van der Waals surface area contributed by atoms with Gasteiger partial charge in [-0.2, -0.15) is 12.6 Å². The lowest BCUT2D eigenvalue weighted by atomic mass is 9.81. The molecule has 2 atom stereocenters. The van der Waals surface area contributed by atoms with E-state index in [9.17, 15) is 0 Å². The van der Waals surface area contributed by atoms with Crippen LogP contribution >= 0.6 is 12.6 Å². The summed E-state index contributed by atoms with van der Waals surface area (Å²) in [6.07, 6.45) is 12.0. The van der Waals surface area contributed by atoms with Crippen LogP contribution < -0.4 is 0 Å². The first-order valence-electron chi connectivity index (χ1n) is 8.01. The van der Waals surface area contributed by atoms with Gasteiger partial charge in [0.05, 0.1) is 6.61 Å². The average molecular weight is 285 g/mol. The Morgan fingerprint density at radius 2 is 1.79 bits per heavy atom. The SMILES string of the molecule is CCCC(CS)(CCC)COCC1CC=CCC1C. The van der Waals surface area contributed by atoms with Gasteiger partial charge >= 0.3 is 0 Å². The van der Waals surface area contributed by atoms with E-state index in [1.54, 1.807) is 0 Å². The summed E-state index contributed by atoms with van der Waals surface area (Å²) in [6, 6.07) is 0. The Balaban J connectivity index is 2.40. The fourth-order valence-electron chi connectivity index (χ4n) is 3.20. The Labute approximate surface area is 125 Å². The number of ether oxygens (including phenoxy) is 1. The van der Waals surface area contributed by atoms with E-state index in [0.717, 1.165) is 24.9 Å². The van der Waals surface area contributed by atoms with E-state index in [-0.39, 0.29) is 0 Å². The van der Waals surface area contributed by atoms with Gasteiger partial charge in [0, 0.05) is 12.0 Å². The summed E-state index contributed by atoms with van der Waals surface area (Å²) in [7, 11) is 0. The molecule has 0 aliphatic heterocycles. The largest absolute Gasteiger partial charge is 0.381 e. The van der Waals surface area contributed by atoms with Gasteiger partial charge in [-0.25, -0.2) is 0 Å². The third-order valence-electron chi connectivity index (χ3n) is 4.55. The molecule has 0 fully saturated rings. The van der Waals surface area contributed by atoms with Crippen LogP contribution in [0.15, 0.2) is 12.2 Å². The van der Waals surface area contributed by atoms with Gasteiger partial charge in [-0.15, -0.1) is 0 Å². The second-order valence-electron chi connectivity index (χ2n) is 6.35. The minimum Gasteiger partial charge on any atom is -0.381 e. The van der Waals surface area contributed by atoms with Crippen molar-refractivity contribution in [3.8, 4) is 0 Å². The molecule has 112 valence electrons. The summed E-state index contributed by atoms with van der Waals surface area (Å²) in [5, 5.41) is 0. The fraction of sp³-hybridized carbons (Fsp3) is 0.882. The lowest BCUT2D eigenvalue weighted by Gasteiger charge is -2.33. The highest BCUT2D eigenvalue weighted by Gasteiger charge is 2.28. The monoisotopic (exact) mass is 284 g/mol.